The maximum Gasteiger partial charge on any atom is 0.260 e. The maximum absolute atomic E-state index is 12.8. The molecule has 29 heavy (non-hydrogen) atoms. The molecule has 0 saturated heterocycles. The molecule has 0 fully saturated rings. The average molecular weight is 389 g/mol. The van der Waals surface area contributed by atoms with E-state index in [-0.39, 0.29) is 19.3 Å². The van der Waals surface area contributed by atoms with Crippen LogP contribution in [0, 0.1) is 0 Å². The summed E-state index contributed by atoms with van der Waals surface area (Å²) in [6.07, 6.45) is 0. The molecule has 0 spiro atoms. The molecule has 1 heterocycles. The molecule has 3 aromatic rings. The molecule has 1 amide bonds. The van der Waals surface area contributed by atoms with Crippen LogP contribution in [-0.4, -0.2) is 30.8 Å². The monoisotopic (exact) mass is 389 g/mol. The summed E-state index contributed by atoms with van der Waals surface area (Å²) in [4.78, 5) is 14.5. The summed E-state index contributed by atoms with van der Waals surface area (Å²) >= 11 is 0. The van der Waals surface area contributed by atoms with E-state index >= 15 is 0 Å². The van der Waals surface area contributed by atoms with E-state index in [1.165, 1.54) is 0 Å². The fraction of sp³-hybridized carbons (Fsp3) is 0.208. The van der Waals surface area contributed by atoms with E-state index < -0.39 is 0 Å². The first kappa shape index (κ1) is 18.9. The van der Waals surface area contributed by atoms with Crippen molar-refractivity contribution in [2.75, 3.05) is 19.9 Å². The Hall–Kier alpha value is -3.47. The number of nitrogens with zero attached hydrogens (tertiary/aromatic N) is 1. The summed E-state index contributed by atoms with van der Waals surface area (Å²) in [6, 6.07) is 23.5. The molecule has 5 heteroatoms. The SMILES string of the molecule is CCN(Cc1ccc2c(c1)OCO2)C(=O)COc1ccccc1-c1ccccc1. The first-order chi connectivity index (χ1) is 14.2. The van der Waals surface area contributed by atoms with Crippen LogP contribution < -0.4 is 14.2 Å². The third kappa shape index (κ3) is 4.35. The van der Waals surface area contributed by atoms with Gasteiger partial charge in [-0.15, -0.1) is 0 Å². The summed E-state index contributed by atoms with van der Waals surface area (Å²) in [5.41, 5.74) is 3.03. The fourth-order valence-electron chi connectivity index (χ4n) is 3.32. The van der Waals surface area contributed by atoms with Crippen molar-refractivity contribution in [1.29, 1.82) is 0 Å². The van der Waals surface area contributed by atoms with Crippen LogP contribution in [-0.2, 0) is 11.3 Å². The van der Waals surface area contributed by atoms with Crippen molar-refractivity contribution < 1.29 is 19.0 Å². The van der Waals surface area contributed by atoms with Crippen LogP contribution in [0.25, 0.3) is 11.1 Å². The smallest absolute Gasteiger partial charge is 0.260 e. The van der Waals surface area contributed by atoms with Crippen LogP contribution in [0.4, 0.5) is 0 Å². The third-order valence-electron chi connectivity index (χ3n) is 4.87. The number of hydrogen-bond donors (Lipinski definition) is 0. The minimum absolute atomic E-state index is 0.0117. The van der Waals surface area contributed by atoms with Gasteiger partial charge in [0.1, 0.15) is 5.75 Å². The van der Waals surface area contributed by atoms with E-state index in [4.69, 9.17) is 14.2 Å². The number of benzene rings is 3. The Bertz CT molecular complexity index is 987. The summed E-state index contributed by atoms with van der Waals surface area (Å²) in [6.45, 7) is 3.28. The number of hydrogen-bond acceptors (Lipinski definition) is 4. The number of para-hydroxylation sites is 1. The van der Waals surface area contributed by atoms with Crippen molar-refractivity contribution in [3.05, 3.63) is 78.4 Å². The van der Waals surface area contributed by atoms with Crippen LogP contribution in [0.3, 0.4) is 0 Å². The highest BCUT2D eigenvalue weighted by molar-refractivity contribution is 5.78. The van der Waals surface area contributed by atoms with Crippen LogP contribution in [0.15, 0.2) is 72.8 Å². The summed E-state index contributed by atoms with van der Waals surface area (Å²) in [5.74, 6) is 2.10. The Kier molecular flexibility index (Phi) is 5.66. The third-order valence-corrected chi connectivity index (χ3v) is 4.87. The molecule has 0 aliphatic carbocycles. The highest BCUT2D eigenvalue weighted by Gasteiger charge is 2.17. The zero-order valence-corrected chi connectivity index (χ0v) is 16.3. The second-order valence-electron chi connectivity index (χ2n) is 6.75. The van der Waals surface area contributed by atoms with E-state index in [1.807, 2.05) is 79.7 Å². The zero-order valence-electron chi connectivity index (χ0n) is 16.3. The Morgan fingerprint density at radius 1 is 0.966 bits per heavy atom. The summed E-state index contributed by atoms with van der Waals surface area (Å²) in [5, 5.41) is 0. The first-order valence-corrected chi connectivity index (χ1v) is 9.68. The highest BCUT2D eigenvalue weighted by Crippen LogP contribution is 2.33. The Morgan fingerprint density at radius 3 is 2.55 bits per heavy atom. The topological polar surface area (TPSA) is 48.0 Å². The molecule has 0 radical (unpaired) electrons. The molecule has 0 saturated carbocycles. The van der Waals surface area contributed by atoms with E-state index in [1.54, 1.807) is 4.90 Å². The molecule has 0 unspecified atom stereocenters. The normalized spacial score (nSPS) is 11.9. The van der Waals surface area contributed by atoms with Crippen molar-refractivity contribution in [1.82, 2.24) is 4.90 Å². The maximum atomic E-state index is 12.8. The van der Waals surface area contributed by atoms with Crippen LogP contribution in [0.2, 0.25) is 0 Å². The van der Waals surface area contributed by atoms with Gasteiger partial charge in [-0.1, -0.05) is 54.6 Å². The average Bonchev–Trinajstić information content (AvgIpc) is 3.24. The van der Waals surface area contributed by atoms with E-state index in [0.29, 0.717) is 18.8 Å². The quantitative estimate of drug-likeness (QED) is 0.597. The minimum atomic E-state index is -0.0620. The highest BCUT2D eigenvalue weighted by atomic mass is 16.7. The van der Waals surface area contributed by atoms with Crippen molar-refractivity contribution in [3.63, 3.8) is 0 Å². The predicted molar refractivity (Wildman–Crippen MR) is 111 cm³/mol. The number of amides is 1. The van der Waals surface area contributed by atoms with Gasteiger partial charge in [0, 0.05) is 18.7 Å². The van der Waals surface area contributed by atoms with Crippen LogP contribution >= 0.6 is 0 Å². The number of rotatable bonds is 7. The van der Waals surface area contributed by atoms with Gasteiger partial charge in [0.05, 0.1) is 0 Å². The lowest BCUT2D eigenvalue weighted by Gasteiger charge is -2.22. The molecule has 5 nitrogen and oxygen atoms in total. The van der Waals surface area contributed by atoms with Gasteiger partial charge in [0.25, 0.3) is 5.91 Å². The number of carbonyl (C=O) groups excluding carboxylic acids is 1. The number of ether oxygens (including phenoxy) is 3. The second-order valence-corrected chi connectivity index (χ2v) is 6.75. The van der Waals surface area contributed by atoms with Gasteiger partial charge in [-0.2, -0.15) is 0 Å². The molecular weight excluding hydrogens is 366 g/mol. The molecule has 4 rings (SSSR count). The van der Waals surface area contributed by atoms with Gasteiger partial charge >= 0.3 is 0 Å². The Labute approximate surface area is 170 Å². The van der Waals surface area contributed by atoms with Gasteiger partial charge in [0.15, 0.2) is 18.1 Å². The number of likely N-dealkylation sites (N-methyl/N-ethyl adjacent to an activating group) is 1. The molecule has 0 atom stereocenters. The van der Waals surface area contributed by atoms with Crippen LogP contribution in [0.5, 0.6) is 17.2 Å². The zero-order chi connectivity index (χ0) is 20.1. The minimum Gasteiger partial charge on any atom is -0.483 e. The number of fused-ring (bicyclic) bond motifs is 1. The number of carbonyl (C=O) groups is 1. The Morgan fingerprint density at radius 2 is 1.72 bits per heavy atom. The lowest BCUT2D eigenvalue weighted by molar-refractivity contribution is -0.133. The van der Waals surface area contributed by atoms with Crippen LogP contribution in [0.1, 0.15) is 12.5 Å². The van der Waals surface area contributed by atoms with Crippen molar-refractivity contribution >= 4 is 5.91 Å². The predicted octanol–water partition coefficient (Wildman–Crippen LogP) is 4.51. The molecule has 1 aliphatic heterocycles. The molecule has 0 N–H and O–H groups in total. The largest absolute Gasteiger partial charge is 0.483 e. The molecular formula is C24H23NO4. The second kappa shape index (κ2) is 8.69. The first-order valence-electron chi connectivity index (χ1n) is 9.68. The van der Waals surface area contributed by atoms with Crippen molar-refractivity contribution in [2.45, 2.75) is 13.5 Å². The fourth-order valence-corrected chi connectivity index (χ4v) is 3.32. The van der Waals surface area contributed by atoms with E-state index in [0.717, 1.165) is 28.2 Å². The van der Waals surface area contributed by atoms with Gasteiger partial charge in [-0.05, 0) is 36.2 Å². The lowest BCUT2D eigenvalue weighted by Crippen LogP contribution is -2.34. The van der Waals surface area contributed by atoms with E-state index in [2.05, 4.69) is 0 Å². The van der Waals surface area contributed by atoms with Gasteiger partial charge in [0.2, 0.25) is 6.79 Å². The van der Waals surface area contributed by atoms with E-state index in [9.17, 15) is 4.79 Å². The molecule has 0 aromatic heterocycles. The lowest BCUT2D eigenvalue weighted by atomic mass is 10.1. The van der Waals surface area contributed by atoms with Gasteiger partial charge in [-0.3, -0.25) is 4.79 Å². The molecule has 148 valence electrons. The standard InChI is InChI=1S/C24H23NO4/c1-2-25(15-18-12-13-22-23(14-18)29-17-28-22)24(26)16-27-21-11-7-6-10-20(21)19-8-4-3-5-9-19/h3-14H,2,15-17H2,1H3. The summed E-state index contributed by atoms with van der Waals surface area (Å²) < 4.78 is 16.7. The molecule has 3 aromatic carbocycles. The molecule has 1 aliphatic rings. The summed E-state index contributed by atoms with van der Waals surface area (Å²) in [7, 11) is 0. The van der Waals surface area contributed by atoms with Crippen molar-refractivity contribution in [2.24, 2.45) is 0 Å². The molecule has 0 bridgehead atoms. The van der Waals surface area contributed by atoms with Crippen molar-refractivity contribution in [3.8, 4) is 28.4 Å². The van der Waals surface area contributed by atoms with Gasteiger partial charge in [-0.25, -0.2) is 0 Å². The van der Waals surface area contributed by atoms with Gasteiger partial charge < -0.3 is 19.1 Å². The Balaban J connectivity index is 1.42.